The molecule has 4 atom stereocenters. The smallest absolute Gasteiger partial charge is 0.143 e. The lowest BCUT2D eigenvalue weighted by Gasteiger charge is -2.27. The predicted molar refractivity (Wildman–Crippen MR) is 40.9 cm³/mol. The van der Waals surface area contributed by atoms with E-state index >= 15 is 0 Å². The van der Waals surface area contributed by atoms with Gasteiger partial charge in [0.15, 0.2) is 0 Å². The van der Waals surface area contributed by atoms with Gasteiger partial charge < -0.3 is 19.3 Å². The van der Waals surface area contributed by atoms with Crippen molar-refractivity contribution < 1.29 is 19.3 Å². The number of aliphatic hydroxyl groups is 1. The zero-order valence-electron chi connectivity index (χ0n) is 7.32. The number of aliphatic hydroxyl groups excluding tert-OH is 1. The minimum Gasteiger partial charge on any atom is -0.393 e. The van der Waals surface area contributed by atoms with Gasteiger partial charge in [-0.1, -0.05) is 0 Å². The van der Waals surface area contributed by atoms with Crippen LogP contribution in [0.15, 0.2) is 0 Å². The van der Waals surface area contributed by atoms with E-state index in [9.17, 15) is 5.11 Å². The molecule has 0 aromatic heterocycles. The Morgan fingerprint density at radius 1 is 1.67 bits per heavy atom. The summed E-state index contributed by atoms with van der Waals surface area (Å²) in [6.07, 6.45) is -0.101. The highest BCUT2D eigenvalue weighted by Gasteiger charge is 2.60. The fourth-order valence-electron chi connectivity index (χ4n) is 2.15. The molecule has 1 N–H and O–H groups in total. The van der Waals surface area contributed by atoms with Crippen LogP contribution in [0.4, 0.5) is 0 Å². The monoisotopic (exact) mass is 174 g/mol. The Balaban J connectivity index is 2.23. The fourth-order valence-corrected chi connectivity index (χ4v) is 2.15. The zero-order chi connectivity index (χ0) is 8.77. The summed E-state index contributed by atoms with van der Waals surface area (Å²) in [7, 11) is 1.62. The van der Waals surface area contributed by atoms with Crippen molar-refractivity contribution in [3.63, 3.8) is 0 Å². The predicted octanol–water partition coefficient (Wildman–Crippen LogP) is -0.450. The van der Waals surface area contributed by atoms with Crippen molar-refractivity contribution in [2.45, 2.75) is 30.8 Å². The molecule has 70 valence electrons. The molecular weight excluding hydrogens is 160 g/mol. The minimum absolute atomic E-state index is 0.0119. The molecule has 2 bridgehead atoms. The van der Waals surface area contributed by atoms with Crippen LogP contribution in [0.3, 0.4) is 0 Å². The molecule has 2 fully saturated rings. The van der Waals surface area contributed by atoms with Gasteiger partial charge in [-0.2, -0.15) is 0 Å². The number of fused-ring (bicyclic) bond motifs is 2. The molecule has 2 saturated heterocycles. The average molecular weight is 174 g/mol. The van der Waals surface area contributed by atoms with Crippen LogP contribution in [0.5, 0.6) is 0 Å². The Bertz CT molecular complexity index is 184. The van der Waals surface area contributed by atoms with E-state index in [4.69, 9.17) is 14.2 Å². The molecular formula is C8H14O4. The van der Waals surface area contributed by atoms with Crippen molar-refractivity contribution in [2.75, 3.05) is 20.3 Å². The maximum atomic E-state index is 9.18. The largest absolute Gasteiger partial charge is 0.393 e. The molecule has 0 aromatic rings. The molecule has 1 unspecified atom stereocenters. The van der Waals surface area contributed by atoms with Crippen molar-refractivity contribution in [3.8, 4) is 0 Å². The second kappa shape index (κ2) is 2.67. The summed E-state index contributed by atoms with van der Waals surface area (Å²) in [5, 5.41) is 9.18. The highest BCUT2D eigenvalue weighted by molar-refractivity contribution is 5.07. The lowest BCUT2D eigenvalue weighted by molar-refractivity contribution is -0.156. The summed E-state index contributed by atoms with van der Waals surface area (Å²) in [5.74, 6) is 0. The first-order chi connectivity index (χ1) is 5.73. The van der Waals surface area contributed by atoms with E-state index in [0.29, 0.717) is 6.61 Å². The van der Waals surface area contributed by atoms with Gasteiger partial charge in [0.2, 0.25) is 0 Å². The molecule has 0 aromatic carbocycles. The van der Waals surface area contributed by atoms with Crippen LogP contribution in [0.1, 0.15) is 6.92 Å². The van der Waals surface area contributed by atoms with Crippen LogP contribution >= 0.6 is 0 Å². The van der Waals surface area contributed by atoms with Gasteiger partial charge >= 0.3 is 0 Å². The summed E-state index contributed by atoms with van der Waals surface area (Å²) in [4.78, 5) is 0. The minimum atomic E-state index is -0.598. The second-order valence-corrected chi connectivity index (χ2v) is 3.48. The maximum Gasteiger partial charge on any atom is 0.143 e. The molecule has 2 aliphatic heterocycles. The van der Waals surface area contributed by atoms with Crippen molar-refractivity contribution in [1.82, 2.24) is 0 Å². The molecule has 0 saturated carbocycles. The van der Waals surface area contributed by atoms with Gasteiger partial charge in [-0.15, -0.1) is 0 Å². The van der Waals surface area contributed by atoms with Gasteiger partial charge in [0.05, 0.1) is 19.3 Å². The van der Waals surface area contributed by atoms with E-state index in [0.717, 1.165) is 0 Å². The molecule has 0 amide bonds. The number of hydrogen-bond acceptors (Lipinski definition) is 4. The first-order valence-corrected chi connectivity index (χ1v) is 4.16. The van der Waals surface area contributed by atoms with Crippen molar-refractivity contribution in [3.05, 3.63) is 0 Å². The standard InChI is InChI=1S/C8H14O4/c1-5-6-7(10-2)8(3-9,12-5)4-11-6/h5-7,9H,3-4H2,1-2H3/t5-,6?,7+,8-/m0/s1. The second-order valence-electron chi connectivity index (χ2n) is 3.48. The topological polar surface area (TPSA) is 47.9 Å². The molecule has 0 aliphatic carbocycles. The third-order valence-corrected chi connectivity index (χ3v) is 2.74. The molecule has 0 radical (unpaired) electrons. The van der Waals surface area contributed by atoms with Gasteiger partial charge in [0, 0.05) is 7.11 Å². The summed E-state index contributed by atoms with van der Waals surface area (Å²) in [6.45, 7) is 2.34. The van der Waals surface area contributed by atoms with Gasteiger partial charge in [-0.25, -0.2) is 0 Å². The SMILES string of the molecule is CO[C@@H]1C2OC[C@]1(CO)O[C@H]2C. The van der Waals surface area contributed by atoms with Gasteiger partial charge in [-0.3, -0.25) is 0 Å². The Morgan fingerprint density at radius 2 is 2.42 bits per heavy atom. The van der Waals surface area contributed by atoms with Crippen LogP contribution in [0.2, 0.25) is 0 Å². The molecule has 4 heteroatoms. The van der Waals surface area contributed by atoms with Crippen LogP contribution in [-0.2, 0) is 14.2 Å². The molecule has 2 rings (SSSR count). The molecule has 0 spiro atoms. The lowest BCUT2D eigenvalue weighted by Crippen LogP contribution is -2.45. The van der Waals surface area contributed by atoms with Crippen LogP contribution in [0.25, 0.3) is 0 Å². The highest BCUT2D eigenvalue weighted by Crippen LogP contribution is 2.40. The Labute approximate surface area is 71.4 Å². The highest BCUT2D eigenvalue weighted by atomic mass is 16.7. The van der Waals surface area contributed by atoms with Crippen molar-refractivity contribution in [2.24, 2.45) is 0 Å². The summed E-state index contributed by atoms with van der Waals surface area (Å²) >= 11 is 0. The Kier molecular flexibility index (Phi) is 1.88. The summed E-state index contributed by atoms with van der Waals surface area (Å²) in [6, 6.07) is 0. The number of methoxy groups -OCH3 is 1. The molecule has 2 heterocycles. The van der Waals surface area contributed by atoms with E-state index in [-0.39, 0.29) is 24.9 Å². The zero-order valence-corrected chi connectivity index (χ0v) is 7.32. The third-order valence-electron chi connectivity index (χ3n) is 2.74. The van der Waals surface area contributed by atoms with E-state index in [1.54, 1.807) is 7.11 Å². The molecule has 4 nitrogen and oxygen atoms in total. The first kappa shape index (κ1) is 8.44. The van der Waals surface area contributed by atoms with Crippen molar-refractivity contribution >= 4 is 0 Å². The normalized spacial score (nSPS) is 51.8. The van der Waals surface area contributed by atoms with Crippen LogP contribution in [-0.4, -0.2) is 49.3 Å². The number of ether oxygens (including phenoxy) is 3. The number of rotatable bonds is 2. The molecule has 2 aliphatic rings. The summed E-state index contributed by atoms with van der Waals surface area (Å²) in [5.41, 5.74) is -0.598. The van der Waals surface area contributed by atoms with Crippen LogP contribution in [0, 0.1) is 0 Å². The van der Waals surface area contributed by atoms with E-state index in [1.807, 2.05) is 6.92 Å². The maximum absolute atomic E-state index is 9.18. The van der Waals surface area contributed by atoms with E-state index in [2.05, 4.69) is 0 Å². The van der Waals surface area contributed by atoms with Gasteiger partial charge in [0.25, 0.3) is 0 Å². The van der Waals surface area contributed by atoms with Gasteiger partial charge in [0.1, 0.15) is 17.8 Å². The third kappa shape index (κ3) is 0.864. The van der Waals surface area contributed by atoms with Crippen molar-refractivity contribution in [1.29, 1.82) is 0 Å². The number of hydrogen-bond donors (Lipinski definition) is 1. The quantitative estimate of drug-likeness (QED) is 0.616. The Hall–Kier alpha value is -0.160. The van der Waals surface area contributed by atoms with Crippen LogP contribution < -0.4 is 0 Å². The first-order valence-electron chi connectivity index (χ1n) is 4.16. The fraction of sp³-hybridized carbons (Fsp3) is 1.00. The summed E-state index contributed by atoms with van der Waals surface area (Å²) < 4.78 is 16.3. The lowest BCUT2D eigenvalue weighted by atomic mass is 10.00. The Morgan fingerprint density at radius 3 is 2.83 bits per heavy atom. The van der Waals surface area contributed by atoms with E-state index in [1.165, 1.54) is 0 Å². The van der Waals surface area contributed by atoms with Gasteiger partial charge in [-0.05, 0) is 6.92 Å². The average Bonchev–Trinajstić information content (AvgIpc) is 2.56. The van der Waals surface area contributed by atoms with E-state index < -0.39 is 5.60 Å². The molecule has 12 heavy (non-hydrogen) atoms.